The topological polar surface area (TPSA) is 74.1 Å². The molecular weight excluding hydrogens is 388 g/mol. The molecule has 1 aliphatic carbocycles. The number of pyridine rings is 1. The molecule has 0 radical (unpaired) electrons. The van der Waals surface area contributed by atoms with Crippen LogP contribution in [0.1, 0.15) is 60.5 Å². The van der Waals surface area contributed by atoms with E-state index in [4.69, 9.17) is 4.42 Å². The van der Waals surface area contributed by atoms with Crippen molar-refractivity contribution >= 4 is 0 Å². The van der Waals surface area contributed by atoms with Crippen LogP contribution in [0.15, 0.2) is 77.7 Å². The van der Waals surface area contributed by atoms with Crippen LogP contribution in [-0.2, 0) is 13.1 Å². The first-order valence-corrected chi connectivity index (χ1v) is 11.0. The fourth-order valence-corrected chi connectivity index (χ4v) is 4.68. The van der Waals surface area contributed by atoms with Crippen molar-refractivity contribution in [3.8, 4) is 0 Å². The van der Waals surface area contributed by atoms with E-state index in [9.17, 15) is 0 Å². The molecule has 3 aromatic heterocycles. The highest BCUT2D eigenvalue weighted by atomic mass is 16.3. The lowest BCUT2D eigenvalue weighted by atomic mass is 10.0. The lowest BCUT2D eigenvalue weighted by molar-refractivity contribution is -0.954. The number of aromatic nitrogens is 5. The summed E-state index contributed by atoms with van der Waals surface area (Å²) in [6, 6.07) is 19.0. The average molecular weight is 416 g/mol. The van der Waals surface area contributed by atoms with Crippen LogP contribution in [0.5, 0.6) is 0 Å². The molecule has 0 amide bonds. The molecule has 31 heavy (non-hydrogen) atoms. The van der Waals surface area contributed by atoms with E-state index >= 15 is 0 Å². The minimum Gasteiger partial charge on any atom is -0.463 e. The molecule has 1 aromatic carbocycles. The maximum absolute atomic E-state index is 5.74. The fraction of sp³-hybridized carbons (Fsp3) is 0.333. The van der Waals surface area contributed by atoms with Crippen LogP contribution in [0.2, 0.25) is 0 Å². The summed E-state index contributed by atoms with van der Waals surface area (Å²) in [5.74, 6) is 1.86. The molecule has 158 valence electrons. The Morgan fingerprint density at radius 1 is 0.968 bits per heavy atom. The third-order valence-electron chi connectivity index (χ3n) is 6.15. The van der Waals surface area contributed by atoms with Crippen LogP contribution < -0.4 is 4.90 Å². The molecule has 1 saturated carbocycles. The van der Waals surface area contributed by atoms with E-state index in [1.807, 2.05) is 24.5 Å². The number of hydrogen-bond donors (Lipinski definition) is 1. The molecule has 3 heterocycles. The predicted octanol–water partition coefficient (Wildman–Crippen LogP) is 3.15. The number of nitrogens with one attached hydrogen (secondary N) is 1. The molecule has 0 spiro atoms. The van der Waals surface area contributed by atoms with E-state index in [-0.39, 0.29) is 6.04 Å². The second kappa shape index (κ2) is 9.22. The zero-order valence-corrected chi connectivity index (χ0v) is 17.5. The largest absolute Gasteiger partial charge is 0.463 e. The maximum Gasteiger partial charge on any atom is 0.214 e. The average Bonchev–Trinajstić information content (AvgIpc) is 3.58. The summed E-state index contributed by atoms with van der Waals surface area (Å²) >= 11 is 0. The van der Waals surface area contributed by atoms with Crippen molar-refractivity contribution in [1.82, 2.24) is 25.2 Å². The summed E-state index contributed by atoms with van der Waals surface area (Å²) in [5, 5.41) is 13.1. The Morgan fingerprint density at radius 3 is 2.52 bits per heavy atom. The zero-order valence-electron chi connectivity index (χ0n) is 17.5. The molecule has 0 bridgehead atoms. The number of benzene rings is 1. The molecule has 7 heteroatoms. The second-order valence-corrected chi connectivity index (χ2v) is 8.21. The molecule has 7 nitrogen and oxygen atoms in total. The molecule has 4 aromatic rings. The molecule has 1 unspecified atom stereocenters. The molecule has 0 aliphatic heterocycles. The normalized spacial score (nSPS) is 16.4. The van der Waals surface area contributed by atoms with Crippen molar-refractivity contribution in [3.05, 3.63) is 96.0 Å². The van der Waals surface area contributed by atoms with Gasteiger partial charge in [-0.1, -0.05) is 43.2 Å². The molecule has 1 N–H and O–H groups in total. The summed E-state index contributed by atoms with van der Waals surface area (Å²) in [5.41, 5.74) is 2.42. The van der Waals surface area contributed by atoms with E-state index in [0.29, 0.717) is 6.04 Å². The minimum atomic E-state index is -0.0380. The van der Waals surface area contributed by atoms with E-state index in [1.165, 1.54) is 23.3 Å². The third-order valence-corrected chi connectivity index (χ3v) is 6.15. The molecule has 2 atom stereocenters. The van der Waals surface area contributed by atoms with Gasteiger partial charge in [-0.2, -0.15) is 0 Å². The van der Waals surface area contributed by atoms with Crippen molar-refractivity contribution < 1.29 is 9.32 Å². The summed E-state index contributed by atoms with van der Waals surface area (Å²) in [7, 11) is 0. The smallest absolute Gasteiger partial charge is 0.214 e. The highest BCUT2D eigenvalue weighted by molar-refractivity contribution is 5.20. The van der Waals surface area contributed by atoms with Crippen molar-refractivity contribution in [3.63, 3.8) is 0 Å². The van der Waals surface area contributed by atoms with Crippen LogP contribution >= 0.6 is 0 Å². The number of furan rings is 1. The van der Waals surface area contributed by atoms with Gasteiger partial charge >= 0.3 is 0 Å². The molecular formula is C24H27N6O+. The van der Waals surface area contributed by atoms with Gasteiger partial charge in [0.25, 0.3) is 0 Å². The summed E-state index contributed by atoms with van der Waals surface area (Å²) < 4.78 is 7.82. The number of rotatable bonds is 8. The van der Waals surface area contributed by atoms with Crippen molar-refractivity contribution in [2.45, 2.75) is 50.9 Å². The Labute approximate surface area is 181 Å². The van der Waals surface area contributed by atoms with Gasteiger partial charge in [-0.05, 0) is 47.5 Å². The number of hydrogen-bond acceptors (Lipinski definition) is 5. The predicted molar refractivity (Wildman–Crippen MR) is 115 cm³/mol. The molecule has 0 saturated heterocycles. The van der Waals surface area contributed by atoms with Gasteiger partial charge in [-0.3, -0.25) is 4.98 Å². The Hall–Kier alpha value is -3.32. The van der Waals surface area contributed by atoms with Gasteiger partial charge in [0.15, 0.2) is 11.8 Å². The Balaban J connectivity index is 1.58. The summed E-state index contributed by atoms with van der Waals surface area (Å²) in [6.45, 7) is 1.55. The van der Waals surface area contributed by atoms with E-state index in [2.05, 4.69) is 67.7 Å². The van der Waals surface area contributed by atoms with Crippen LogP contribution in [0.25, 0.3) is 0 Å². The standard InChI is InChI=1S/C24H26N6O/c1-2-7-19(8-3-1)17-29(18-22-11-6-16-31-22)23(20-12-14-25-15-13-20)24-26-27-28-30(24)21-9-4-5-10-21/h1-3,6-8,11-16,21,23H,4-5,9-10,17-18H2/p+1/t23-/m0/s1. The Morgan fingerprint density at radius 2 is 1.77 bits per heavy atom. The van der Waals surface area contributed by atoms with Crippen LogP contribution in [0, 0.1) is 0 Å². The summed E-state index contributed by atoms with van der Waals surface area (Å²) in [4.78, 5) is 5.55. The lowest BCUT2D eigenvalue weighted by Crippen LogP contribution is -3.10. The van der Waals surface area contributed by atoms with Crippen molar-refractivity contribution in [1.29, 1.82) is 0 Å². The molecule has 1 aliphatic rings. The maximum atomic E-state index is 5.74. The third kappa shape index (κ3) is 4.41. The van der Waals surface area contributed by atoms with E-state index in [0.717, 1.165) is 43.1 Å². The fourth-order valence-electron chi connectivity index (χ4n) is 4.68. The number of nitrogens with zero attached hydrogens (tertiary/aromatic N) is 5. The number of quaternary nitrogens is 1. The first-order chi connectivity index (χ1) is 15.4. The van der Waals surface area contributed by atoms with E-state index < -0.39 is 0 Å². The van der Waals surface area contributed by atoms with Gasteiger partial charge in [-0.25, -0.2) is 4.68 Å². The highest BCUT2D eigenvalue weighted by Gasteiger charge is 2.35. The van der Waals surface area contributed by atoms with Gasteiger partial charge in [0, 0.05) is 23.5 Å². The lowest BCUT2D eigenvalue weighted by Gasteiger charge is -2.28. The van der Waals surface area contributed by atoms with Gasteiger partial charge in [0.1, 0.15) is 13.1 Å². The Kier molecular flexibility index (Phi) is 5.84. The number of tetrazole rings is 1. The molecule has 5 rings (SSSR count). The Bertz CT molecular complexity index is 1060. The first kappa shape index (κ1) is 19.6. The van der Waals surface area contributed by atoms with Crippen LogP contribution in [0.4, 0.5) is 0 Å². The second-order valence-electron chi connectivity index (χ2n) is 8.21. The SMILES string of the molecule is c1ccc(C[NH+](Cc2ccco2)[C@@H](c2ccncc2)c2nnnn2C2CCCC2)cc1. The minimum absolute atomic E-state index is 0.0380. The monoisotopic (exact) mass is 415 g/mol. The summed E-state index contributed by atoms with van der Waals surface area (Å²) in [6.07, 6.45) is 10.2. The van der Waals surface area contributed by atoms with Gasteiger partial charge in [0.05, 0.1) is 12.3 Å². The van der Waals surface area contributed by atoms with Gasteiger partial charge in [-0.15, -0.1) is 5.10 Å². The van der Waals surface area contributed by atoms with Gasteiger partial charge in [0.2, 0.25) is 5.82 Å². The van der Waals surface area contributed by atoms with Crippen molar-refractivity contribution in [2.75, 3.05) is 0 Å². The van der Waals surface area contributed by atoms with Crippen molar-refractivity contribution in [2.24, 2.45) is 0 Å². The zero-order chi connectivity index (χ0) is 20.9. The van der Waals surface area contributed by atoms with Gasteiger partial charge < -0.3 is 9.32 Å². The first-order valence-electron chi connectivity index (χ1n) is 11.0. The van der Waals surface area contributed by atoms with E-state index in [1.54, 1.807) is 6.26 Å². The molecule has 1 fully saturated rings. The highest BCUT2D eigenvalue weighted by Crippen LogP contribution is 2.31. The van der Waals surface area contributed by atoms with Crippen LogP contribution in [-0.4, -0.2) is 25.2 Å². The quantitative estimate of drug-likeness (QED) is 0.479. The van der Waals surface area contributed by atoms with Crippen LogP contribution in [0.3, 0.4) is 0 Å².